The highest BCUT2D eigenvalue weighted by atomic mass is 35.5. The van der Waals surface area contributed by atoms with E-state index in [1.165, 1.54) is 0 Å². The van der Waals surface area contributed by atoms with Gasteiger partial charge in [0.05, 0.1) is 17.5 Å². The lowest BCUT2D eigenvalue weighted by atomic mass is 10.1. The second kappa shape index (κ2) is 6.61. The van der Waals surface area contributed by atoms with Gasteiger partial charge in [-0.1, -0.05) is 41.9 Å². The molecule has 0 unspecified atom stereocenters. The standard InChI is InChI=1S/C20H15ClN4O/c1-13-17(20(26)24-16-5-3-2-4-6-16)11-22-19-18(12-23-25(13)19)14-7-9-15(21)10-8-14/h2-12H,1H3,(H,24,26). The van der Waals surface area contributed by atoms with Crippen molar-refractivity contribution in [3.05, 3.63) is 83.3 Å². The fraction of sp³-hybridized carbons (Fsp3) is 0.0500. The molecule has 0 atom stereocenters. The first-order chi connectivity index (χ1) is 12.6. The lowest BCUT2D eigenvalue weighted by Crippen LogP contribution is -2.16. The lowest BCUT2D eigenvalue weighted by molar-refractivity contribution is 0.102. The van der Waals surface area contributed by atoms with Crippen molar-refractivity contribution in [3.8, 4) is 11.1 Å². The third-order valence-corrected chi connectivity index (χ3v) is 4.45. The Labute approximate surface area is 155 Å². The Morgan fingerprint density at radius 2 is 1.77 bits per heavy atom. The number of nitrogens with zero attached hydrogens (tertiary/aromatic N) is 3. The summed E-state index contributed by atoms with van der Waals surface area (Å²) in [5.41, 5.74) is 4.49. The number of para-hydroxylation sites is 1. The summed E-state index contributed by atoms with van der Waals surface area (Å²) in [6, 6.07) is 16.8. The average molecular weight is 363 g/mol. The number of carbonyl (C=O) groups is 1. The Balaban J connectivity index is 1.72. The van der Waals surface area contributed by atoms with E-state index in [2.05, 4.69) is 15.4 Å². The van der Waals surface area contributed by atoms with Crippen molar-refractivity contribution >= 4 is 28.8 Å². The van der Waals surface area contributed by atoms with Gasteiger partial charge in [-0.2, -0.15) is 5.10 Å². The monoisotopic (exact) mass is 362 g/mol. The van der Waals surface area contributed by atoms with Crippen molar-refractivity contribution in [3.63, 3.8) is 0 Å². The second-order valence-electron chi connectivity index (χ2n) is 5.88. The molecule has 0 aliphatic rings. The van der Waals surface area contributed by atoms with Crippen molar-refractivity contribution in [1.82, 2.24) is 14.6 Å². The third kappa shape index (κ3) is 2.93. The van der Waals surface area contributed by atoms with Crippen LogP contribution in [0.4, 0.5) is 5.69 Å². The van der Waals surface area contributed by atoms with Gasteiger partial charge in [-0.15, -0.1) is 0 Å². The largest absolute Gasteiger partial charge is 0.322 e. The van der Waals surface area contributed by atoms with E-state index in [-0.39, 0.29) is 5.91 Å². The molecule has 0 radical (unpaired) electrons. The van der Waals surface area contributed by atoms with Gasteiger partial charge >= 0.3 is 0 Å². The molecule has 128 valence electrons. The molecular weight excluding hydrogens is 348 g/mol. The fourth-order valence-electron chi connectivity index (χ4n) is 2.82. The molecule has 26 heavy (non-hydrogen) atoms. The quantitative estimate of drug-likeness (QED) is 0.579. The molecule has 0 aliphatic heterocycles. The van der Waals surface area contributed by atoms with Crippen LogP contribution in [-0.2, 0) is 0 Å². The summed E-state index contributed by atoms with van der Waals surface area (Å²) in [6.07, 6.45) is 3.33. The molecule has 5 nitrogen and oxygen atoms in total. The summed E-state index contributed by atoms with van der Waals surface area (Å²) in [5, 5.41) is 7.96. The van der Waals surface area contributed by atoms with Crippen molar-refractivity contribution in [2.24, 2.45) is 0 Å². The van der Waals surface area contributed by atoms with Gasteiger partial charge in [-0.25, -0.2) is 9.50 Å². The molecule has 0 aliphatic carbocycles. The van der Waals surface area contributed by atoms with Gasteiger partial charge in [0, 0.05) is 22.5 Å². The molecule has 0 bridgehead atoms. The average Bonchev–Trinajstić information content (AvgIpc) is 3.08. The first-order valence-electron chi connectivity index (χ1n) is 8.09. The summed E-state index contributed by atoms with van der Waals surface area (Å²) < 4.78 is 1.68. The van der Waals surface area contributed by atoms with Gasteiger partial charge in [-0.3, -0.25) is 4.79 Å². The minimum Gasteiger partial charge on any atom is -0.322 e. The van der Waals surface area contributed by atoms with Crippen molar-refractivity contribution < 1.29 is 4.79 Å². The number of aryl methyl sites for hydroxylation is 1. The zero-order valence-electron chi connectivity index (χ0n) is 14.0. The molecule has 0 saturated carbocycles. The number of nitrogens with one attached hydrogen (secondary N) is 1. The van der Waals surface area contributed by atoms with Crippen molar-refractivity contribution in [1.29, 1.82) is 0 Å². The number of rotatable bonds is 3. The van der Waals surface area contributed by atoms with Crippen LogP contribution in [0.25, 0.3) is 16.8 Å². The van der Waals surface area contributed by atoms with Gasteiger partial charge in [-0.05, 0) is 36.8 Å². The molecule has 2 aromatic carbocycles. The molecule has 1 amide bonds. The Hall–Kier alpha value is -3.18. The van der Waals surface area contributed by atoms with Crippen LogP contribution < -0.4 is 5.32 Å². The maximum absolute atomic E-state index is 12.6. The molecule has 0 fully saturated rings. The highest BCUT2D eigenvalue weighted by molar-refractivity contribution is 6.30. The third-order valence-electron chi connectivity index (χ3n) is 4.20. The molecule has 4 aromatic rings. The molecule has 0 spiro atoms. The number of halogens is 1. The van der Waals surface area contributed by atoms with E-state index in [1.54, 1.807) is 16.9 Å². The van der Waals surface area contributed by atoms with Crippen LogP contribution >= 0.6 is 11.6 Å². The van der Waals surface area contributed by atoms with Crippen LogP contribution in [0.2, 0.25) is 5.02 Å². The summed E-state index contributed by atoms with van der Waals surface area (Å²) in [7, 11) is 0. The fourth-order valence-corrected chi connectivity index (χ4v) is 2.95. The Bertz CT molecular complexity index is 1090. The topological polar surface area (TPSA) is 59.3 Å². The molecule has 4 rings (SSSR count). The Morgan fingerprint density at radius 1 is 1.04 bits per heavy atom. The van der Waals surface area contributed by atoms with Gasteiger partial charge in [0.25, 0.3) is 5.91 Å². The van der Waals surface area contributed by atoms with Gasteiger partial charge in [0.2, 0.25) is 0 Å². The summed E-state index contributed by atoms with van der Waals surface area (Å²) in [5.74, 6) is -0.216. The predicted molar refractivity (Wildman–Crippen MR) is 103 cm³/mol. The van der Waals surface area contributed by atoms with Crippen LogP contribution in [-0.4, -0.2) is 20.5 Å². The number of carbonyl (C=O) groups excluding carboxylic acids is 1. The Kier molecular flexibility index (Phi) is 4.14. The number of fused-ring (bicyclic) bond motifs is 1. The maximum atomic E-state index is 12.6. The van der Waals surface area contributed by atoms with Crippen LogP contribution in [0.3, 0.4) is 0 Å². The normalized spacial score (nSPS) is 10.8. The smallest absolute Gasteiger partial charge is 0.259 e. The number of anilines is 1. The summed E-state index contributed by atoms with van der Waals surface area (Å²) >= 11 is 5.96. The zero-order valence-corrected chi connectivity index (χ0v) is 14.7. The molecule has 2 heterocycles. The number of hydrogen-bond acceptors (Lipinski definition) is 3. The van der Waals surface area contributed by atoms with Crippen molar-refractivity contribution in [2.75, 3.05) is 5.32 Å². The predicted octanol–water partition coefficient (Wildman–Crippen LogP) is 4.61. The van der Waals surface area contributed by atoms with E-state index in [1.807, 2.05) is 61.5 Å². The van der Waals surface area contributed by atoms with Crippen LogP contribution in [0, 0.1) is 6.92 Å². The van der Waals surface area contributed by atoms with Crippen LogP contribution in [0.1, 0.15) is 16.1 Å². The van der Waals surface area contributed by atoms with Crippen LogP contribution in [0.5, 0.6) is 0 Å². The lowest BCUT2D eigenvalue weighted by Gasteiger charge is -2.09. The van der Waals surface area contributed by atoms with E-state index < -0.39 is 0 Å². The molecule has 1 N–H and O–H groups in total. The number of amides is 1. The van der Waals surface area contributed by atoms with Gasteiger partial charge < -0.3 is 5.32 Å². The van der Waals surface area contributed by atoms with E-state index in [0.29, 0.717) is 16.2 Å². The molecular formula is C20H15ClN4O. The van der Waals surface area contributed by atoms with E-state index in [4.69, 9.17) is 11.6 Å². The summed E-state index contributed by atoms with van der Waals surface area (Å²) in [6.45, 7) is 1.85. The van der Waals surface area contributed by atoms with E-state index >= 15 is 0 Å². The highest BCUT2D eigenvalue weighted by Gasteiger charge is 2.16. The maximum Gasteiger partial charge on any atom is 0.259 e. The molecule has 2 aromatic heterocycles. The second-order valence-corrected chi connectivity index (χ2v) is 6.31. The number of aromatic nitrogens is 3. The van der Waals surface area contributed by atoms with Crippen molar-refractivity contribution in [2.45, 2.75) is 6.92 Å². The highest BCUT2D eigenvalue weighted by Crippen LogP contribution is 2.26. The summed E-state index contributed by atoms with van der Waals surface area (Å²) in [4.78, 5) is 17.1. The van der Waals surface area contributed by atoms with E-state index in [0.717, 1.165) is 22.5 Å². The zero-order chi connectivity index (χ0) is 18.1. The molecule has 0 saturated heterocycles. The molecule has 6 heteroatoms. The number of benzene rings is 2. The van der Waals surface area contributed by atoms with E-state index in [9.17, 15) is 4.79 Å². The minimum absolute atomic E-state index is 0.216. The van der Waals surface area contributed by atoms with Crippen LogP contribution in [0.15, 0.2) is 67.0 Å². The Morgan fingerprint density at radius 3 is 2.50 bits per heavy atom. The minimum atomic E-state index is -0.216. The van der Waals surface area contributed by atoms with Gasteiger partial charge in [0.1, 0.15) is 0 Å². The first kappa shape index (κ1) is 16.3. The number of hydrogen-bond donors (Lipinski definition) is 1. The first-order valence-corrected chi connectivity index (χ1v) is 8.47. The SMILES string of the molecule is Cc1c(C(=O)Nc2ccccc2)cnc2c(-c3ccc(Cl)cc3)cnn12. The van der Waals surface area contributed by atoms with Gasteiger partial charge in [0.15, 0.2) is 5.65 Å².